The van der Waals surface area contributed by atoms with Crippen LogP contribution in [0.15, 0.2) is 60.7 Å². The monoisotopic (exact) mass is 588 g/mol. The summed E-state index contributed by atoms with van der Waals surface area (Å²) in [5.41, 5.74) is 3.81. The quantitative estimate of drug-likeness (QED) is 0.293. The first-order valence-corrected chi connectivity index (χ1v) is 15.1. The Bertz CT molecular complexity index is 1350. The van der Waals surface area contributed by atoms with Gasteiger partial charge in [0.05, 0.1) is 18.4 Å². The summed E-state index contributed by atoms with van der Waals surface area (Å²) >= 11 is 0. The molecule has 2 heterocycles. The maximum atomic E-state index is 13.4. The molecule has 43 heavy (non-hydrogen) atoms. The number of esters is 2. The number of rotatable bonds is 5. The summed E-state index contributed by atoms with van der Waals surface area (Å²) in [5, 5.41) is 2.69. The van der Waals surface area contributed by atoms with Crippen molar-refractivity contribution < 1.29 is 33.4 Å². The van der Waals surface area contributed by atoms with Crippen LogP contribution in [0.2, 0.25) is 0 Å². The predicted molar refractivity (Wildman–Crippen MR) is 160 cm³/mol. The molecule has 1 N–H and O–H groups in total. The summed E-state index contributed by atoms with van der Waals surface area (Å²) in [6, 6.07) is 14.9. The molecular weight excluding hydrogens is 548 g/mol. The van der Waals surface area contributed by atoms with Crippen molar-refractivity contribution in [1.82, 2.24) is 10.2 Å². The zero-order chi connectivity index (χ0) is 30.6. The Morgan fingerprint density at radius 3 is 2.30 bits per heavy atom. The highest BCUT2D eigenvalue weighted by molar-refractivity contribution is 5.85. The molecule has 0 bridgehead atoms. The lowest BCUT2D eigenvalue weighted by Crippen LogP contribution is -2.46. The maximum Gasteiger partial charge on any atom is 0.407 e. The third-order valence-electron chi connectivity index (χ3n) is 8.14. The molecule has 5 rings (SSSR count). The molecule has 2 aromatic rings. The molecule has 228 valence electrons. The molecule has 0 unspecified atom stereocenters. The van der Waals surface area contributed by atoms with Gasteiger partial charge in [-0.05, 0) is 68.7 Å². The lowest BCUT2D eigenvalue weighted by molar-refractivity contribution is -0.159. The third kappa shape index (κ3) is 7.27. The van der Waals surface area contributed by atoms with Crippen LogP contribution in [-0.2, 0) is 28.6 Å². The average Bonchev–Trinajstić information content (AvgIpc) is 3.56. The van der Waals surface area contributed by atoms with Crippen molar-refractivity contribution in [2.24, 2.45) is 5.92 Å². The molecule has 2 aliphatic heterocycles. The molecule has 0 radical (unpaired) electrons. The lowest BCUT2D eigenvalue weighted by atomic mass is 9.98. The largest absolute Gasteiger partial charge is 0.462 e. The summed E-state index contributed by atoms with van der Waals surface area (Å²) < 4.78 is 16.8. The smallest absolute Gasteiger partial charge is 0.407 e. The summed E-state index contributed by atoms with van der Waals surface area (Å²) in [6.45, 7) is 6.07. The Kier molecular flexibility index (Phi) is 9.18. The summed E-state index contributed by atoms with van der Waals surface area (Å²) in [7, 11) is 0. The molecule has 9 heteroatoms. The number of alkyl carbamates (subject to hydrolysis) is 1. The van der Waals surface area contributed by atoms with E-state index in [1.165, 1.54) is 0 Å². The van der Waals surface area contributed by atoms with Crippen LogP contribution in [-0.4, -0.2) is 66.3 Å². The van der Waals surface area contributed by atoms with Gasteiger partial charge in [0.1, 0.15) is 24.9 Å². The number of hydrogen-bond donors (Lipinski definition) is 1. The third-order valence-corrected chi connectivity index (χ3v) is 8.14. The topological polar surface area (TPSA) is 111 Å². The fourth-order valence-electron chi connectivity index (χ4n) is 6.16. The first-order valence-electron chi connectivity index (χ1n) is 15.1. The minimum Gasteiger partial charge on any atom is -0.462 e. The van der Waals surface area contributed by atoms with Gasteiger partial charge in [-0.1, -0.05) is 60.7 Å². The minimum absolute atomic E-state index is 0.0241. The molecule has 2 aromatic carbocycles. The van der Waals surface area contributed by atoms with Crippen LogP contribution in [0.25, 0.3) is 11.1 Å². The van der Waals surface area contributed by atoms with E-state index >= 15 is 0 Å². The van der Waals surface area contributed by atoms with E-state index in [1.807, 2.05) is 36.4 Å². The van der Waals surface area contributed by atoms with Crippen molar-refractivity contribution in [3.63, 3.8) is 0 Å². The van der Waals surface area contributed by atoms with Gasteiger partial charge in [0.2, 0.25) is 5.91 Å². The van der Waals surface area contributed by atoms with E-state index in [2.05, 4.69) is 17.4 Å². The zero-order valence-corrected chi connectivity index (χ0v) is 25.0. The van der Waals surface area contributed by atoms with Gasteiger partial charge < -0.3 is 24.4 Å². The second-order valence-corrected chi connectivity index (χ2v) is 12.4. The van der Waals surface area contributed by atoms with E-state index in [9.17, 15) is 19.2 Å². The van der Waals surface area contributed by atoms with Crippen LogP contribution >= 0.6 is 0 Å². The van der Waals surface area contributed by atoms with E-state index in [4.69, 9.17) is 14.2 Å². The van der Waals surface area contributed by atoms with Gasteiger partial charge in [-0.2, -0.15) is 0 Å². The van der Waals surface area contributed by atoms with E-state index < -0.39 is 35.6 Å². The molecule has 2 amide bonds. The maximum absolute atomic E-state index is 13.4. The number of nitrogens with zero attached hydrogens (tertiary/aromatic N) is 1. The van der Waals surface area contributed by atoms with Crippen LogP contribution in [0, 0.1) is 5.92 Å². The fourth-order valence-corrected chi connectivity index (χ4v) is 6.16. The van der Waals surface area contributed by atoms with Gasteiger partial charge in [-0.3, -0.25) is 9.59 Å². The molecule has 1 saturated heterocycles. The van der Waals surface area contributed by atoms with Crippen molar-refractivity contribution in [2.45, 2.75) is 76.5 Å². The average molecular weight is 589 g/mol. The molecule has 0 saturated carbocycles. The van der Waals surface area contributed by atoms with Crippen LogP contribution in [0.1, 0.15) is 69.9 Å². The van der Waals surface area contributed by atoms with E-state index in [0.717, 1.165) is 28.7 Å². The Hall–Kier alpha value is -4.14. The normalized spacial score (nSPS) is 23.1. The van der Waals surface area contributed by atoms with Gasteiger partial charge in [0, 0.05) is 12.5 Å². The molecule has 0 aromatic heterocycles. The number of fused-ring (bicyclic) bond motifs is 4. The summed E-state index contributed by atoms with van der Waals surface area (Å²) in [6.07, 6.45) is 4.71. The van der Waals surface area contributed by atoms with Crippen molar-refractivity contribution in [2.75, 3.05) is 19.8 Å². The first kappa shape index (κ1) is 30.3. The summed E-state index contributed by atoms with van der Waals surface area (Å²) in [4.78, 5) is 53.8. The van der Waals surface area contributed by atoms with E-state index in [0.29, 0.717) is 19.4 Å². The number of carbonyl (C=O) groups is 4. The van der Waals surface area contributed by atoms with Gasteiger partial charge in [0.15, 0.2) is 0 Å². The van der Waals surface area contributed by atoms with Gasteiger partial charge in [-0.15, -0.1) is 0 Å². The SMILES string of the molecule is CC(C)(C)OC(=O)C[C@@H]1C/C=C/C[C@H](NC(=O)OCC2c3ccccc3-c3ccccc32)C(=O)OC[C@@H]2CCCN2C1=O. The molecule has 3 atom stereocenters. The zero-order valence-electron chi connectivity index (χ0n) is 25.0. The molecule has 1 aliphatic carbocycles. The molecule has 3 aliphatic rings. The Labute approximate surface area is 252 Å². The number of cyclic esters (lactones) is 1. The number of ether oxygens (including phenoxy) is 3. The van der Waals surface area contributed by atoms with Crippen molar-refractivity contribution in [3.05, 3.63) is 71.8 Å². The number of benzene rings is 2. The van der Waals surface area contributed by atoms with E-state index in [-0.39, 0.29) is 43.9 Å². The van der Waals surface area contributed by atoms with Crippen LogP contribution < -0.4 is 5.32 Å². The number of hydrogen-bond acceptors (Lipinski definition) is 7. The van der Waals surface area contributed by atoms with Crippen LogP contribution in [0.3, 0.4) is 0 Å². The second kappa shape index (κ2) is 13.0. The standard InChI is InChI=1S/C34H40N2O7/c1-34(2,3)43-30(37)19-22-11-4-9-17-29(32(39)41-20-23-12-10-18-36(23)31(22)38)35-33(40)42-21-28-26-15-7-5-13-24(26)25-14-6-8-16-27(25)28/h4-9,13-16,22-23,28-29H,10-12,17-21H2,1-3H3,(H,35,40)/b9-4+/t22-,23-,29-/m0/s1. The van der Waals surface area contributed by atoms with Crippen molar-refractivity contribution in [1.29, 1.82) is 0 Å². The number of amides is 2. The Morgan fingerprint density at radius 1 is 0.977 bits per heavy atom. The molecular formula is C34H40N2O7. The summed E-state index contributed by atoms with van der Waals surface area (Å²) in [5.74, 6) is -1.83. The van der Waals surface area contributed by atoms with Gasteiger partial charge in [-0.25, -0.2) is 9.59 Å². The number of carbonyl (C=O) groups excluding carboxylic acids is 4. The Morgan fingerprint density at radius 2 is 1.63 bits per heavy atom. The number of nitrogens with one attached hydrogen (secondary N) is 1. The second-order valence-electron chi connectivity index (χ2n) is 12.4. The fraction of sp³-hybridized carbons (Fsp3) is 0.471. The van der Waals surface area contributed by atoms with Crippen LogP contribution in [0.5, 0.6) is 0 Å². The predicted octanol–water partition coefficient (Wildman–Crippen LogP) is 5.13. The molecule has 9 nitrogen and oxygen atoms in total. The van der Waals surface area contributed by atoms with Gasteiger partial charge in [0.25, 0.3) is 0 Å². The molecule has 0 spiro atoms. The first-order chi connectivity index (χ1) is 20.6. The highest BCUT2D eigenvalue weighted by Gasteiger charge is 2.36. The molecule has 1 fully saturated rings. The minimum atomic E-state index is -0.957. The van der Waals surface area contributed by atoms with E-state index in [1.54, 1.807) is 37.8 Å². The lowest BCUT2D eigenvalue weighted by Gasteiger charge is -2.29. The Balaban J connectivity index is 1.25. The number of allylic oxidation sites excluding steroid dienone is 1. The van der Waals surface area contributed by atoms with Crippen LogP contribution in [0.4, 0.5) is 4.79 Å². The highest BCUT2D eigenvalue weighted by atomic mass is 16.6. The van der Waals surface area contributed by atoms with Gasteiger partial charge >= 0.3 is 18.0 Å². The highest BCUT2D eigenvalue weighted by Crippen LogP contribution is 2.44. The van der Waals surface area contributed by atoms with Crippen molar-refractivity contribution >= 4 is 23.9 Å². The van der Waals surface area contributed by atoms with Crippen molar-refractivity contribution in [3.8, 4) is 11.1 Å².